The van der Waals surface area contributed by atoms with Crippen LogP contribution < -0.4 is 19.5 Å². The molecule has 152 valence electrons. The molecule has 2 aromatic rings. The van der Waals surface area contributed by atoms with Crippen LogP contribution in [-0.4, -0.2) is 51.8 Å². The average molecular weight is 405 g/mol. The highest BCUT2D eigenvalue weighted by molar-refractivity contribution is 7.07. The first-order valence-corrected chi connectivity index (χ1v) is 10.4. The highest BCUT2D eigenvalue weighted by Crippen LogP contribution is 2.38. The lowest BCUT2D eigenvalue weighted by atomic mass is 9.96. The summed E-state index contributed by atoms with van der Waals surface area (Å²) in [4.78, 5) is 15.1. The summed E-state index contributed by atoms with van der Waals surface area (Å²) in [5, 5.41) is 7.40. The zero-order valence-corrected chi connectivity index (χ0v) is 17.5. The van der Waals surface area contributed by atoms with Crippen molar-refractivity contribution < 1.29 is 19.0 Å². The van der Waals surface area contributed by atoms with Crippen LogP contribution in [0.15, 0.2) is 29.0 Å². The third-order valence-electron chi connectivity index (χ3n) is 5.17. The number of carbonyl (C=O) groups excluding carboxylic acids is 1. The van der Waals surface area contributed by atoms with Crippen LogP contribution in [0.1, 0.15) is 28.8 Å². The first-order chi connectivity index (χ1) is 13.6. The molecule has 1 aromatic carbocycles. The summed E-state index contributed by atoms with van der Waals surface area (Å²) in [7, 11) is 4.64. The lowest BCUT2D eigenvalue weighted by Crippen LogP contribution is -2.38. The monoisotopic (exact) mass is 404 g/mol. The zero-order valence-electron chi connectivity index (χ0n) is 16.7. The molecule has 1 aliphatic rings. The highest BCUT2D eigenvalue weighted by Gasteiger charge is 2.21. The summed E-state index contributed by atoms with van der Waals surface area (Å²) in [5.74, 6) is 1.83. The minimum absolute atomic E-state index is 0.125. The van der Waals surface area contributed by atoms with E-state index in [1.54, 1.807) is 44.8 Å². The molecule has 3 rings (SSSR count). The van der Waals surface area contributed by atoms with Gasteiger partial charge in [0.1, 0.15) is 0 Å². The van der Waals surface area contributed by atoms with Gasteiger partial charge in [-0.1, -0.05) is 0 Å². The third kappa shape index (κ3) is 4.97. The molecule has 0 spiro atoms. The molecule has 1 aromatic heterocycles. The number of likely N-dealkylation sites (tertiary alicyclic amines) is 1. The van der Waals surface area contributed by atoms with E-state index in [1.807, 2.05) is 0 Å². The summed E-state index contributed by atoms with van der Waals surface area (Å²) in [6, 6.07) is 5.55. The zero-order chi connectivity index (χ0) is 19.9. The number of hydrogen-bond donors (Lipinski definition) is 1. The molecule has 6 nitrogen and oxygen atoms in total. The summed E-state index contributed by atoms with van der Waals surface area (Å²) in [5.41, 5.74) is 1.89. The Bertz CT molecular complexity index is 746. The average Bonchev–Trinajstić information content (AvgIpc) is 3.24. The fourth-order valence-corrected chi connectivity index (χ4v) is 4.20. The van der Waals surface area contributed by atoms with Gasteiger partial charge in [0.25, 0.3) is 5.91 Å². The van der Waals surface area contributed by atoms with Crippen LogP contribution in [0.3, 0.4) is 0 Å². The van der Waals surface area contributed by atoms with Crippen LogP contribution in [0, 0.1) is 5.92 Å². The highest BCUT2D eigenvalue weighted by atomic mass is 32.1. The van der Waals surface area contributed by atoms with Crippen molar-refractivity contribution >= 4 is 17.2 Å². The number of benzene rings is 1. The molecule has 0 bridgehead atoms. The molecule has 28 heavy (non-hydrogen) atoms. The van der Waals surface area contributed by atoms with E-state index in [1.165, 1.54) is 5.56 Å². The van der Waals surface area contributed by atoms with Gasteiger partial charge in [0.05, 0.1) is 21.3 Å². The summed E-state index contributed by atoms with van der Waals surface area (Å²) >= 11 is 1.75. The molecule has 1 fully saturated rings. The van der Waals surface area contributed by atoms with E-state index in [-0.39, 0.29) is 5.91 Å². The maximum absolute atomic E-state index is 12.6. The molecule has 0 unspecified atom stereocenters. The fraction of sp³-hybridized carbons (Fsp3) is 0.476. The van der Waals surface area contributed by atoms with Gasteiger partial charge in [-0.25, -0.2) is 0 Å². The second-order valence-electron chi connectivity index (χ2n) is 6.98. The second-order valence-corrected chi connectivity index (χ2v) is 7.76. The SMILES string of the molecule is COc1cc(C(=O)NCC2CCN(Cc3ccsc3)CC2)cc(OC)c1OC. The summed E-state index contributed by atoms with van der Waals surface area (Å²) in [6.07, 6.45) is 2.19. The molecule has 0 atom stereocenters. The van der Waals surface area contributed by atoms with Gasteiger partial charge in [0.2, 0.25) is 5.75 Å². The van der Waals surface area contributed by atoms with Gasteiger partial charge in [0, 0.05) is 18.7 Å². The number of amides is 1. The summed E-state index contributed by atoms with van der Waals surface area (Å²) < 4.78 is 16.0. The number of rotatable bonds is 8. The minimum atomic E-state index is -0.125. The van der Waals surface area contributed by atoms with Crippen LogP contribution in [0.2, 0.25) is 0 Å². The van der Waals surface area contributed by atoms with E-state index in [0.717, 1.165) is 32.5 Å². The van der Waals surface area contributed by atoms with Crippen LogP contribution in [-0.2, 0) is 6.54 Å². The lowest BCUT2D eigenvalue weighted by molar-refractivity contribution is 0.0934. The quantitative estimate of drug-likeness (QED) is 0.731. The number of methoxy groups -OCH3 is 3. The molecular weight excluding hydrogens is 376 g/mol. The smallest absolute Gasteiger partial charge is 0.251 e. The Morgan fingerprint density at radius 2 is 1.82 bits per heavy atom. The molecule has 0 radical (unpaired) electrons. The van der Waals surface area contributed by atoms with Gasteiger partial charge < -0.3 is 19.5 Å². The normalized spacial score (nSPS) is 15.2. The number of nitrogens with zero attached hydrogens (tertiary/aromatic N) is 1. The molecule has 1 amide bonds. The van der Waals surface area contributed by atoms with E-state index in [2.05, 4.69) is 27.0 Å². The molecule has 0 saturated carbocycles. The standard InChI is InChI=1S/C21H28N2O4S/c1-25-18-10-17(11-19(26-2)20(18)27-3)21(24)22-12-15-4-7-23(8-5-15)13-16-6-9-28-14-16/h6,9-11,14-15H,4-5,7-8,12-13H2,1-3H3,(H,22,24). The Labute approximate surface area is 170 Å². The van der Waals surface area contributed by atoms with Crippen LogP contribution in [0.4, 0.5) is 0 Å². The largest absolute Gasteiger partial charge is 0.493 e. The van der Waals surface area contributed by atoms with Crippen molar-refractivity contribution in [1.82, 2.24) is 10.2 Å². The first-order valence-electron chi connectivity index (χ1n) is 9.46. The predicted octanol–water partition coefficient (Wildman–Crippen LogP) is 3.42. The molecule has 7 heteroatoms. The fourth-order valence-electron chi connectivity index (χ4n) is 3.54. The number of nitrogens with one attached hydrogen (secondary N) is 1. The van der Waals surface area contributed by atoms with Gasteiger partial charge >= 0.3 is 0 Å². The first kappa shape index (κ1) is 20.5. The number of ether oxygens (including phenoxy) is 3. The van der Waals surface area contributed by atoms with Gasteiger partial charge in [0.15, 0.2) is 11.5 Å². The molecule has 2 heterocycles. The Balaban J connectivity index is 1.52. The molecular formula is C21H28N2O4S. The van der Waals surface area contributed by atoms with Gasteiger partial charge in [-0.3, -0.25) is 9.69 Å². The topological polar surface area (TPSA) is 60.0 Å². The van der Waals surface area contributed by atoms with Gasteiger partial charge in [-0.05, 0) is 66.4 Å². The number of hydrogen-bond acceptors (Lipinski definition) is 6. The van der Waals surface area contributed by atoms with Crippen molar-refractivity contribution in [3.05, 3.63) is 40.1 Å². The molecule has 1 N–H and O–H groups in total. The maximum Gasteiger partial charge on any atom is 0.251 e. The Kier molecular flexibility index (Phi) is 7.17. The third-order valence-corrected chi connectivity index (χ3v) is 5.90. The van der Waals surface area contributed by atoms with Crippen LogP contribution in [0.5, 0.6) is 17.2 Å². The van der Waals surface area contributed by atoms with Crippen molar-refractivity contribution in [3.8, 4) is 17.2 Å². The lowest BCUT2D eigenvalue weighted by Gasteiger charge is -2.31. The number of piperidine rings is 1. The van der Waals surface area contributed by atoms with Crippen molar-refractivity contribution in [3.63, 3.8) is 0 Å². The molecule has 1 aliphatic heterocycles. The second kappa shape index (κ2) is 9.80. The van der Waals surface area contributed by atoms with E-state index in [9.17, 15) is 4.79 Å². The van der Waals surface area contributed by atoms with Crippen molar-refractivity contribution in [2.45, 2.75) is 19.4 Å². The van der Waals surface area contributed by atoms with Crippen LogP contribution >= 0.6 is 11.3 Å². The molecule has 0 aliphatic carbocycles. The van der Waals surface area contributed by atoms with Gasteiger partial charge in [-0.2, -0.15) is 11.3 Å². The summed E-state index contributed by atoms with van der Waals surface area (Å²) in [6.45, 7) is 3.84. The van der Waals surface area contributed by atoms with Crippen molar-refractivity contribution in [2.75, 3.05) is 41.0 Å². The number of carbonyl (C=O) groups is 1. The van der Waals surface area contributed by atoms with E-state index in [0.29, 0.717) is 35.3 Å². The minimum Gasteiger partial charge on any atom is -0.493 e. The molecule has 1 saturated heterocycles. The Morgan fingerprint density at radius 3 is 2.36 bits per heavy atom. The van der Waals surface area contributed by atoms with Crippen molar-refractivity contribution in [2.24, 2.45) is 5.92 Å². The van der Waals surface area contributed by atoms with E-state index < -0.39 is 0 Å². The van der Waals surface area contributed by atoms with Gasteiger partial charge in [-0.15, -0.1) is 0 Å². The van der Waals surface area contributed by atoms with E-state index >= 15 is 0 Å². The van der Waals surface area contributed by atoms with Crippen molar-refractivity contribution in [1.29, 1.82) is 0 Å². The maximum atomic E-state index is 12.6. The Hall–Kier alpha value is -2.25. The Morgan fingerprint density at radius 1 is 1.14 bits per heavy atom. The van der Waals surface area contributed by atoms with Crippen LogP contribution in [0.25, 0.3) is 0 Å². The van der Waals surface area contributed by atoms with E-state index in [4.69, 9.17) is 14.2 Å². The predicted molar refractivity (Wildman–Crippen MR) is 111 cm³/mol. The number of thiophene rings is 1.